The summed E-state index contributed by atoms with van der Waals surface area (Å²) < 4.78 is 6.75. The number of benzene rings is 8. The van der Waals surface area contributed by atoms with Crippen LogP contribution in [-0.4, -0.2) is 15.0 Å². The van der Waals surface area contributed by atoms with Crippen LogP contribution in [0.15, 0.2) is 192 Å². The Kier molecular flexibility index (Phi) is 7.43. The van der Waals surface area contributed by atoms with Gasteiger partial charge in [0.2, 0.25) is 0 Å². The van der Waals surface area contributed by atoms with Crippen molar-refractivity contribution in [3.05, 3.63) is 188 Å². The Bertz CT molecular complexity index is 2940. The molecular weight excluding hydrogens is 647 g/mol. The first-order chi connectivity index (χ1) is 26.3. The highest BCUT2D eigenvalue weighted by atomic mass is 16.3. The van der Waals surface area contributed by atoms with E-state index in [0.717, 1.165) is 71.7 Å². The molecule has 0 spiro atoms. The van der Waals surface area contributed by atoms with Gasteiger partial charge in [-0.15, -0.1) is 0 Å². The summed E-state index contributed by atoms with van der Waals surface area (Å²) in [6.45, 7) is 0. The molecule has 0 aliphatic heterocycles. The maximum Gasteiger partial charge on any atom is 0.164 e. The average Bonchev–Trinajstić information content (AvgIpc) is 3.62. The number of hydrogen-bond donors (Lipinski definition) is 0. The van der Waals surface area contributed by atoms with E-state index in [4.69, 9.17) is 19.4 Å². The maximum atomic E-state index is 6.75. The Morgan fingerprint density at radius 1 is 0.283 bits per heavy atom. The number of hydrogen-bond acceptors (Lipinski definition) is 4. The molecule has 10 aromatic rings. The molecule has 0 aliphatic carbocycles. The van der Waals surface area contributed by atoms with Crippen molar-refractivity contribution in [2.75, 3.05) is 0 Å². The van der Waals surface area contributed by atoms with E-state index in [1.807, 2.05) is 36.4 Å². The van der Waals surface area contributed by atoms with Gasteiger partial charge in [-0.2, -0.15) is 0 Å². The van der Waals surface area contributed by atoms with Crippen LogP contribution in [0.5, 0.6) is 0 Å². The summed E-state index contributed by atoms with van der Waals surface area (Å²) in [6.07, 6.45) is 0. The van der Waals surface area contributed by atoms with Gasteiger partial charge < -0.3 is 4.42 Å². The monoisotopic (exact) mass is 677 g/mol. The smallest absolute Gasteiger partial charge is 0.164 e. The van der Waals surface area contributed by atoms with E-state index >= 15 is 0 Å². The number of fused-ring (bicyclic) bond motifs is 5. The Balaban J connectivity index is 1.17. The van der Waals surface area contributed by atoms with E-state index in [1.165, 1.54) is 11.1 Å². The minimum atomic E-state index is 0.611. The van der Waals surface area contributed by atoms with Gasteiger partial charge in [-0.3, -0.25) is 0 Å². The van der Waals surface area contributed by atoms with Crippen molar-refractivity contribution in [1.82, 2.24) is 15.0 Å². The van der Waals surface area contributed by atoms with Crippen LogP contribution in [0.25, 0.3) is 100 Å². The first kappa shape index (κ1) is 30.6. The third-order valence-corrected chi connectivity index (χ3v) is 9.94. The fourth-order valence-corrected chi connectivity index (χ4v) is 7.37. The highest BCUT2D eigenvalue weighted by Gasteiger charge is 2.20. The summed E-state index contributed by atoms with van der Waals surface area (Å²) in [7, 11) is 0. The van der Waals surface area contributed by atoms with E-state index in [0.29, 0.717) is 17.5 Å². The van der Waals surface area contributed by atoms with Crippen LogP contribution < -0.4 is 0 Å². The van der Waals surface area contributed by atoms with E-state index < -0.39 is 0 Å². The molecule has 0 amide bonds. The van der Waals surface area contributed by atoms with Crippen LogP contribution in [0.4, 0.5) is 0 Å². The highest BCUT2D eigenvalue weighted by Crippen LogP contribution is 2.42. The maximum absolute atomic E-state index is 6.75. The SMILES string of the molecule is c1ccc(-c2cccc(-c3nc(-c4ccccc4)nc(-c4cc5c6ccc(-c7ccccc7-c7ccccc7)cc6oc5c5ccccc45)n3)c2)cc1. The van der Waals surface area contributed by atoms with Crippen LogP contribution in [0, 0.1) is 0 Å². The minimum absolute atomic E-state index is 0.611. The molecule has 4 heteroatoms. The number of furan rings is 1. The van der Waals surface area contributed by atoms with Crippen LogP contribution >= 0.6 is 0 Å². The first-order valence-electron chi connectivity index (χ1n) is 17.8. The van der Waals surface area contributed by atoms with Crippen molar-refractivity contribution in [3.63, 3.8) is 0 Å². The van der Waals surface area contributed by atoms with Crippen LogP contribution in [0.1, 0.15) is 0 Å². The molecule has 0 bridgehead atoms. The fourth-order valence-electron chi connectivity index (χ4n) is 7.37. The van der Waals surface area contributed by atoms with Gasteiger partial charge in [0.25, 0.3) is 0 Å². The lowest BCUT2D eigenvalue weighted by Crippen LogP contribution is -2.00. The molecular formula is C49H31N3O. The third kappa shape index (κ3) is 5.54. The summed E-state index contributed by atoms with van der Waals surface area (Å²) in [4.78, 5) is 15.4. The van der Waals surface area contributed by atoms with Crippen LogP contribution in [-0.2, 0) is 0 Å². The number of aromatic nitrogens is 3. The molecule has 0 saturated carbocycles. The summed E-state index contributed by atoms with van der Waals surface area (Å²) in [5.41, 5.74) is 11.3. The van der Waals surface area contributed by atoms with Gasteiger partial charge in [0.1, 0.15) is 11.2 Å². The van der Waals surface area contributed by atoms with Crippen LogP contribution in [0.2, 0.25) is 0 Å². The van der Waals surface area contributed by atoms with Crippen molar-refractivity contribution >= 4 is 32.7 Å². The minimum Gasteiger partial charge on any atom is -0.455 e. The third-order valence-electron chi connectivity index (χ3n) is 9.94. The zero-order valence-electron chi connectivity index (χ0n) is 28.6. The molecule has 2 aromatic heterocycles. The van der Waals surface area contributed by atoms with E-state index in [2.05, 4.69) is 152 Å². The molecule has 0 N–H and O–H groups in total. The number of rotatable bonds is 6. The molecule has 248 valence electrons. The molecule has 0 fully saturated rings. The fraction of sp³-hybridized carbons (Fsp3) is 0. The highest BCUT2D eigenvalue weighted by molar-refractivity contribution is 6.19. The molecule has 8 aromatic carbocycles. The lowest BCUT2D eigenvalue weighted by atomic mass is 9.94. The summed E-state index contributed by atoms with van der Waals surface area (Å²) >= 11 is 0. The van der Waals surface area contributed by atoms with Gasteiger partial charge in [-0.25, -0.2) is 15.0 Å². The van der Waals surface area contributed by atoms with Gasteiger partial charge in [0, 0.05) is 32.8 Å². The van der Waals surface area contributed by atoms with Crippen molar-refractivity contribution in [1.29, 1.82) is 0 Å². The van der Waals surface area contributed by atoms with Gasteiger partial charge in [0.05, 0.1) is 0 Å². The lowest BCUT2D eigenvalue weighted by molar-refractivity contribution is 0.673. The average molecular weight is 678 g/mol. The molecule has 0 saturated heterocycles. The van der Waals surface area contributed by atoms with E-state index in [9.17, 15) is 0 Å². The topological polar surface area (TPSA) is 51.8 Å². The lowest BCUT2D eigenvalue weighted by Gasteiger charge is -2.11. The Labute approximate surface area is 306 Å². The molecule has 0 aliphatic rings. The van der Waals surface area contributed by atoms with Gasteiger partial charge in [0.15, 0.2) is 17.5 Å². The molecule has 10 rings (SSSR count). The summed E-state index contributed by atoms with van der Waals surface area (Å²) in [5.74, 6) is 1.85. The molecule has 53 heavy (non-hydrogen) atoms. The normalized spacial score (nSPS) is 11.4. The van der Waals surface area contributed by atoms with Crippen molar-refractivity contribution in [2.45, 2.75) is 0 Å². The number of nitrogens with zero attached hydrogens (tertiary/aromatic N) is 3. The Hall–Kier alpha value is -7.17. The quantitative estimate of drug-likeness (QED) is 0.176. The van der Waals surface area contributed by atoms with Crippen molar-refractivity contribution in [3.8, 4) is 67.5 Å². The molecule has 0 radical (unpaired) electrons. The molecule has 2 heterocycles. The largest absolute Gasteiger partial charge is 0.455 e. The molecule has 0 atom stereocenters. The van der Waals surface area contributed by atoms with Crippen molar-refractivity contribution in [2.24, 2.45) is 0 Å². The van der Waals surface area contributed by atoms with Crippen molar-refractivity contribution < 1.29 is 4.42 Å². The van der Waals surface area contributed by atoms with Gasteiger partial charge in [-0.05, 0) is 63.0 Å². The standard InChI is InChI=1S/C49H31N3O/c1-4-15-32(16-5-1)35-21-14-22-37(29-35)48-50-47(34-19-8-3-9-20-34)51-49(52-48)44-31-43-41-28-27-36(30-45(41)53-46(43)42-26-13-12-25-40(42)44)39-24-11-10-23-38(39)33-17-6-2-7-18-33/h1-31H. The van der Waals surface area contributed by atoms with E-state index in [1.54, 1.807) is 0 Å². The second-order valence-electron chi connectivity index (χ2n) is 13.2. The summed E-state index contributed by atoms with van der Waals surface area (Å²) in [6, 6.07) is 65.1. The molecule has 4 nitrogen and oxygen atoms in total. The van der Waals surface area contributed by atoms with Crippen LogP contribution in [0.3, 0.4) is 0 Å². The Morgan fingerprint density at radius 3 is 1.57 bits per heavy atom. The van der Waals surface area contributed by atoms with E-state index in [-0.39, 0.29) is 0 Å². The predicted octanol–water partition coefficient (Wildman–Crippen LogP) is 12.9. The van der Waals surface area contributed by atoms with Gasteiger partial charge >= 0.3 is 0 Å². The molecule has 0 unspecified atom stereocenters. The Morgan fingerprint density at radius 2 is 0.830 bits per heavy atom. The zero-order chi connectivity index (χ0) is 35.1. The predicted molar refractivity (Wildman–Crippen MR) is 217 cm³/mol. The van der Waals surface area contributed by atoms with Gasteiger partial charge in [-0.1, -0.05) is 164 Å². The second-order valence-corrected chi connectivity index (χ2v) is 13.2. The zero-order valence-corrected chi connectivity index (χ0v) is 28.6. The second kappa shape index (κ2) is 12.9. The first-order valence-corrected chi connectivity index (χ1v) is 17.8. The summed E-state index contributed by atoms with van der Waals surface area (Å²) in [5, 5.41) is 4.09.